The molecular formula is C15H20O2. The Kier molecular flexibility index (Phi) is 4.48. The molecule has 1 aliphatic heterocycles. The summed E-state index contributed by atoms with van der Waals surface area (Å²) in [7, 11) is 0. The molecule has 17 heavy (non-hydrogen) atoms. The van der Waals surface area contributed by atoms with Gasteiger partial charge in [-0.05, 0) is 43.4 Å². The van der Waals surface area contributed by atoms with Crippen molar-refractivity contribution < 1.29 is 9.47 Å². The van der Waals surface area contributed by atoms with Crippen LogP contribution in [0.3, 0.4) is 0 Å². The molecule has 0 radical (unpaired) electrons. The molecule has 2 rings (SSSR count). The van der Waals surface area contributed by atoms with Gasteiger partial charge < -0.3 is 9.47 Å². The second kappa shape index (κ2) is 6.33. The van der Waals surface area contributed by atoms with Crippen LogP contribution in [0.1, 0.15) is 31.2 Å². The minimum absolute atomic E-state index is 0.661. The number of hydrogen-bond acceptors (Lipinski definition) is 2. The number of benzene rings is 1. The Morgan fingerprint density at radius 3 is 2.71 bits per heavy atom. The number of unbranched alkanes of at least 4 members (excludes halogenated alkanes) is 3. The van der Waals surface area contributed by atoms with E-state index in [2.05, 4.69) is 18.7 Å². The largest absolute Gasteiger partial charge is 0.486 e. The predicted molar refractivity (Wildman–Crippen MR) is 69.8 cm³/mol. The van der Waals surface area contributed by atoms with E-state index in [0.29, 0.717) is 13.2 Å². The molecule has 1 aromatic carbocycles. The molecule has 1 aromatic rings. The summed E-state index contributed by atoms with van der Waals surface area (Å²) >= 11 is 0. The van der Waals surface area contributed by atoms with E-state index in [0.717, 1.165) is 24.3 Å². The summed E-state index contributed by atoms with van der Waals surface area (Å²) in [5, 5.41) is 0. The van der Waals surface area contributed by atoms with Gasteiger partial charge in [-0.2, -0.15) is 0 Å². The molecule has 0 aromatic heterocycles. The van der Waals surface area contributed by atoms with Crippen LogP contribution in [-0.2, 0) is 6.42 Å². The summed E-state index contributed by atoms with van der Waals surface area (Å²) in [5.74, 6) is 1.78. The molecule has 0 atom stereocenters. The predicted octanol–water partition coefficient (Wildman–Crippen LogP) is 3.75. The lowest BCUT2D eigenvalue weighted by molar-refractivity contribution is 0.171. The quantitative estimate of drug-likeness (QED) is 0.549. The van der Waals surface area contributed by atoms with Gasteiger partial charge in [-0.3, -0.25) is 0 Å². The summed E-state index contributed by atoms with van der Waals surface area (Å²) in [6, 6.07) is 6.27. The van der Waals surface area contributed by atoms with E-state index in [1.54, 1.807) is 0 Å². The van der Waals surface area contributed by atoms with Gasteiger partial charge in [0.25, 0.3) is 0 Å². The first-order valence-corrected chi connectivity index (χ1v) is 6.39. The Hall–Kier alpha value is -1.44. The van der Waals surface area contributed by atoms with Crippen molar-refractivity contribution in [1.82, 2.24) is 0 Å². The molecule has 0 amide bonds. The second-order valence-electron chi connectivity index (χ2n) is 4.37. The number of aryl methyl sites for hydroxylation is 1. The van der Waals surface area contributed by atoms with Gasteiger partial charge in [-0.15, -0.1) is 6.58 Å². The van der Waals surface area contributed by atoms with Crippen LogP contribution < -0.4 is 9.47 Å². The lowest BCUT2D eigenvalue weighted by Crippen LogP contribution is -2.15. The van der Waals surface area contributed by atoms with E-state index in [1.165, 1.54) is 24.8 Å². The van der Waals surface area contributed by atoms with E-state index in [1.807, 2.05) is 12.1 Å². The Balaban J connectivity index is 1.82. The monoisotopic (exact) mass is 232 g/mol. The summed E-state index contributed by atoms with van der Waals surface area (Å²) in [6.07, 6.45) is 7.97. The second-order valence-corrected chi connectivity index (χ2v) is 4.37. The van der Waals surface area contributed by atoms with Crippen LogP contribution in [0.2, 0.25) is 0 Å². The Morgan fingerprint density at radius 1 is 1.06 bits per heavy atom. The molecule has 1 aliphatic rings. The zero-order chi connectivity index (χ0) is 11.9. The molecule has 0 N–H and O–H groups in total. The molecule has 0 saturated heterocycles. The summed E-state index contributed by atoms with van der Waals surface area (Å²) < 4.78 is 11.1. The van der Waals surface area contributed by atoms with Gasteiger partial charge in [-0.25, -0.2) is 0 Å². The van der Waals surface area contributed by atoms with Crippen molar-refractivity contribution >= 4 is 0 Å². The maximum atomic E-state index is 5.57. The third-order valence-electron chi connectivity index (χ3n) is 2.98. The first-order chi connectivity index (χ1) is 8.40. The average molecular weight is 232 g/mol. The molecule has 92 valence electrons. The number of fused-ring (bicyclic) bond motifs is 1. The maximum absolute atomic E-state index is 5.57. The highest BCUT2D eigenvalue weighted by molar-refractivity contribution is 5.43. The fourth-order valence-corrected chi connectivity index (χ4v) is 2.04. The maximum Gasteiger partial charge on any atom is 0.161 e. The van der Waals surface area contributed by atoms with Crippen molar-refractivity contribution in [2.75, 3.05) is 13.2 Å². The third kappa shape index (κ3) is 3.52. The minimum Gasteiger partial charge on any atom is -0.486 e. The normalized spacial score (nSPS) is 13.4. The Bertz CT molecular complexity index is 371. The zero-order valence-corrected chi connectivity index (χ0v) is 10.3. The van der Waals surface area contributed by atoms with Crippen LogP contribution in [0.15, 0.2) is 30.9 Å². The SMILES string of the molecule is C=CCCCCCc1ccc2c(c1)OCCO2. The van der Waals surface area contributed by atoms with Crippen LogP contribution >= 0.6 is 0 Å². The first-order valence-electron chi connectivity index (χ1n) is 6.39. The molecule has 0 spiro atoms. The number of hydrogen-bond donors (Lipinski definition) is 0. The van der Waals surface area contributed by atoms with Crippen molar-refractivity contribution in [3.8, 4) is 11.5 Å². The van der Waals surface area contributed by atoms with Gasteiger partial charge in [0.15, 0.2) is 11.5 Å². The van der Waals surface area contributed by atoms with Gasteiger partial charge in [0.2, 0.25) is 0 Å². The molecule has 0 aliphatic carbocycles. The van der Waals surface area contributed by atoms with E-state index >= 15 is 0 Å². The van der Waals surface area contributed by atoms with E-state index < -0.39 is 0 Å². The van der Waals surface area contributed by atoms with E-state index in [9.17, 15) is 0 Å². The van der Waals surface area contributed by atoms with Gasteiger partial charge >= 0.3 is 0 Å². The highest BCUT2D eigenvalue weighted by atomic mass is 16.6. The first kappa shape index (κ1) is 12.0. The lowest BCUT2D eigenvalue weighted by Gasteiger charge is -2.18. The molecule has 0 saturated carbocycles. The molecular weight excluding hydrogens is 212 g/mol. The Labute approximate surface area is 103 Å². The molecule has 0 unspecified atom stereocenters. The smallest absolute Gasteiger partial charge is 0.161 e. The van der Waals surface area contributed by atoms with Gasteiger partial charge in [0.1, 0.15) is 13.2 Å². The lowest BCUT2D eigenvalue weighted by atomic mass is 10.1. The van der Waals surface area contributed by atoms with Crippen LogP contribution in [-0.4, -0.2) is 13.2 Å². The van der Waals surface area contributed by atoms with Gasteiger partial charge in [0.05, 0.1) is 0 Å². The average Bonchev–Trinajstić information content (AvgIpc) is 2.38. The Morgan fingerprint density at radius 2 is 1.88 bits per heavy atom. The van der Waals surface area contributed by atoms with Gasteiger partial charge in [-0.1, -0.05) is 18.6 Å². The van der Waals surface area contributed by atoms with Crippen molar-refractivity contribution in [2.45, 2.75) is 32.1 Å². The zero-order valence-electron chi connectivity index (χ0n) is 10.3. The van der Waals surface area contributed by atoms with E-state index in [-0.39, 0.29) is 0 Å². The van der Waals surface area contributed by atoms with Crippen molar-refractivity contribution in [1.29, 1.82) is 0 Å². The highest BCUT2D eigenvalue weighted by Crippen LogP contribution is 2.31. The van der Waals surface area contributed by atoms with Crippen molar-refractivity contribution in [3.63, 3.8) is 0 Å². The summed E-state index contributed by atoms with van der Waals surface area (Å²) in [6.45, 7) is 5.06. The van der Waals surface area contributed by atoms with Crippen LogP contribution in [0, 0.1) is 0 Å². The number of allylic oxidation sites excluding steroid dienone is 1. The van der Waals surface area contributed by atoms with Crippen LogP contribution in [0.5, 0.6) is 11.5 Å². The standard InChI is InChI=1S/C15H20O2/c1-2-3-4-5-6-7-13-8-9-14-15(12-13)17-11-10-16-14/h2,8-9,12H,1,3-7,10-11H2. The topological polar surface area (TPSA) is 18.5 Å². The molecule has 2 heteroatoms. The van der Waals surface area contributed by atoms with Crippen LogP contribution in [0.4, 0.5) is 0 Å². The molecule has 1 heterocycles. The van der Waals surface area contributed by atoms with Crippen molar-refractivity contribution in [2.24, 2.45) is 0 Å². The summed E-state index contributed by atoms with van der Waals surface area (Å²) in [4.78, 5) is 0. The van der Waals surface area contributed by atoms with Gasteiger partial charge in [0, 0.05) is 0 Å². The fourth-order valence-electron chi connectivity index (χ4n) is 2.04. The number of ether oxygens (including phenoxy) is 2. The number of rotatable bonds is 6. The van der Waals surface area contributed by atoms with Crippen molar-refractivity contribution in [3.05, 3.63) is 36.4 Å². The third-order valence-corrected chi connectivity index (χ3v) is 2.98. The molecule has 0 bridgehead atoms. The molecule has 0 fully saturated rings. The van der Waals surface area contributed by atoms with Crippen LogP contribution in [0.25, 0.3) is 0 Å². The molecule has 2 nitrogen and oxygen atoms in total. The summed E-state index contributed by atoms with van der Waals surface area (Å²) in [5.41, 5.74) is 1.34. The fraction of sp³-hybridized carbons (Fsp3) is 0.467. The van der Waals surface area contributed by atoms with E-state index in [4.69, 9.17) is 9.47 Å². The minimum atomic E-state index is 0.661. The highest BCUT2D eigenvalue weighted by Gasteiger charge is 2.11.